The van der Waals surface area contributed by atoms with Gasteiger partial charge in [-0.3, -0.25) is 9.59 Å². The zero-order chi connectivity index (χ0) is 14.6. The van der Waals surface area contributed by atoms with E-state index in [-0.39, 0.29) is 17.2 Å². The summed E-state index contributed by atoms with van der Waals surface area (Å²) >= 11 is 0. The van der Waals surface area contributed by atoms with Gasteiger partial charge in [0.1, 0.15) is 0 Å². The molecule has 0 atom stereocenters. The molecule has 0 heterocycles. The van der Waals surface area contributed by atoms with Crippen LogP contribution in [0.5, 0.6) is 0 Å². The second kappa shape index (κ2) is 5.87. The van der Waals surface area contributed by atoms with Crippen molar-refractivity contribution < 1.29 is 9.59 Å². The van der Waals surface area contributed by atoms with Crippen molar-refractivity contribution in [1.29, 1.82) is 0 Å². The van der Waals surface area contributed by atoms with Crippen LogP contribution in [0.2, 0.25) is 0 Å². The summed E-state index contributed by atoms with van der Waals surface area (Å²) in [4.78, 5) is 24.6. The van der Waals surface area contributed by atoms with E-state index in [1.807, 2.05) is 32.9 Å². The summed E-state index contributed by atoms with van der Waals surface area (Å²) in [5.74, 6) is -0.0234. The Kier molecular flexibility index (Phi) is 4.70. The molecular weight excluding hydrogens is 240 g/mol. The lowest BCUT2D eigenvalue weighted by molar-refractivity contribution is -0.118. The van der Waals surface area contributed by atoms with E-state index in [4.69, 9.17) is 0 Å². The quantitative estimate of drug-likeness (QED) is 0.910. The average molecular weight is 262 g/mol. The highest BCUT2D eigenvalue weighted by Gasteiger charge is 2.16. The minimum absolute atomic E-state index is 0.000160. The van der Waals surface area contributed by atoms with Crippen molar-refractivity contribution in [3.63, 3.8) is 0 Å². The van der Waals surface area contributed by atoms with E-state index in [0.717, 1.165) is 11.4 Å². The monoisotopic (exact) mass is 262 g/mol. The van der Waals surface area contributed by atoms with Gasteiger partial charge in [-0.1, -0.05) is 20.8 Å². The average Bonchev–Trinajstić information content (AvgIpc) is 2.26. The van der Waals surface area contributed by atoms with Gasteiger partial charge in [-0.2, -0.15) is 0 Å². The fraction of sp³-hybridized carbons (Fsp3) is 0.467. The highest BCUT2D eigenvalue weighted by molar-refractivity contribution is 5.93. The molecule has 104 valence electrons. The van der Waals surface area contributed by atoms with E-state index in [9.17, 15) is 9.59 Å². The first kappa shape index (κ1) is 15.2. The summed E-state index contributed by atoms with van der Waals surface area (Å²) in [6.07, 6.45) is 0.474. The number of benzene rings is 1. The maximum atomic E-state index is 11.8. The van der Waals surface area contributed by atoms with Crippen LogP contribution in [0, 0.1) is 5.41 Å². The molecule has 1 N–H and O–H groups in total. The third kappa shape index (κ3) is 5.12. The van der Waals surface area contributed by atoms with Gasteiger partial charge < -0.3 is 10.2 Å². The Labute approximate surface area is 114 Å². The number of nitrogens with zero attached hydrogens (tertiary/aromatic N) is 1. The number of nitrogens with one attached hydrogen (secondary N) is 1. The van der Waals surface area contributed by atoms with E-state index in [0.29, 0.717) is 6.42 Å². The van der Waals surface area contributed by atoms with Crippen LogP contribution in [0.3, 0.4) is 0 Å². The van der Waals surface area contributed by atoms with Gasteiger partial charge in [-0.25, -0.2) is 0 Å². The molecule has 4 nitrogen and oxygen atoms in total. The molecule has 0 aromatic heterocycles. The fourth-order valence-electron chi connectivity index (χ4n) is 1.64. The first-order valence-corrected chi connectivity index (χ1v) is 6.33. The normalized spacial score (nSPS) is 11.0. The lowest BCUT2D eigenvalue weighted by Gasteiger charge is -2.18. The molecule has 4 heteroatoms. The van der Waals surface area contributed by atoms with Crippen molar-refractivity contribution >= 4 is 23.2 Å². The molecule has 0 aliphatic heterocycles. The number of anilines is 2. The molecule has 0 radical (unpaired) electrons. The Balaban J connectivity index is 2.67. The zero-order valence-corrected chi connectivity index (χ0v) is 12.3. The van der Waals surface area contributed by atoms with Crippen LogP contribution >= 0.6 is 0 Å². The lowest BCUT2D eigenvalue weighted by Crippen LogP contribution is -2.23. The first-order chi connectivity index (χ1) is 8.69. The van der Waals surface area contributed by atoms with Gasteiger partial charge in [0.15, 0.2) is 0 Å². The lowest BCUT2D eigenvalue weighted by atomic mass is 9.92. The smallest absolute Gasteiger partial charge is 0.224 e. The van der Waals surface area contributed by atoms with Gasteiger partial charge in [0.25, 0.3) is 0 Å². The summed E-state index contributed by atoms with van der Waals surface area (Å²) in [7, 11) is 1.72. The maximum absolute atomic E-state index is 11.8. The van der Waals surface area contributed by atoms with Gasteiger partial charge in [0.05, 0.1) is 0 Å². The van der Waals surface area contributed by atoms with Gasteiger partial charge in [0.2, 0.25) is 11.8 Å². The second-order valence-corrected chi connectivity index (χ2v) is 5.91. The number of hydrogen-bond acceptors (Lipinski definition) is 2. The summed E-state index contributed by atoms with van der Waals surface area (Å²) in [6.45, 7) is 7.59. The predicted molar refractivity (Wildman–Crippen MR) is 78.2 cm³/mol. The van der Waals surface area contributed by atoms with Crippen LogP contribution in [0.25, 0.3) is 0 Å². The Morgan fingerprint density at radius 2 is 1.68 bits per heavy atom. The second-order valence-electron chi connectivity index (χ2n) is 5.91. The van der Waals surface area contributed by atoms with Crippen molar-refractivity contribution in [3.05, 3.63) is 24.3 Å². The molecular formula is C15H22N2O2. The largest absolute Gasteiger partial charge is 0.326 e. The summed E-state index contributed by atoms with van der Waals surface area (Å²) in [5.41, 5.74) is 1.52. The molecule has 0 bridgehead atoms. The number of amides is 2. The summed E-state index contributed by atoms with van der Waals surface area (Å²) in [6, 6.07) is 7.23. The van der Waals surface area contributed by atoms with E-state index < -0.39 is 0 Å². The molecule has 19 heavy (non-hydrogen) atoms. The van der Waals surface area contributed by atoms with Gasteiger partial charge in [-0.05, 0) is 29.7 Å². The third-order valence-electron chi connectivity index (χ3n) is 2.70. The first-order valence-electron chi connectivity index (χ1n) is 6.33. The topological polar surface area (TPSA) is 49.4 Å². The van der Waals surface area contributed by atoms with E-state index in [1.54, 1.807) is 24.1 Å². The van der Waals surface area contributed by atoms with Crippen molar-refractivity contribution in [1.82, 2.24) is 0 Å². The highest BCUT2D eigenvalue weighted by atomic mass is 16.2. The number of hydrogen-bond donors (Lipinski definition) is 1. The number of carbonyl (C=O) groups excluding carboxylic acids is 2. The zero-order valence-electron chi connectivity index (χ0n) is 12.3. The van der Waals surface area contributed by atoms with Crippen LogP contribution in [0.4, 0.5) is 11.4 Å². The van der Waals surface area contributed by atoms with E-state index in [1.165, 1.54) is 6.92 Å². The van der Waals surface area contributed by atoms with Crippen molar-refractivity contribution in [2.75, 3.05) is 17.3 Å². The molecule has 0 fully saturated rings. The van der Waals surface area contributed by atoms with Gasteiger partial charge >= 0.3 is 0 Å². The fourth-order valence-corrected chi connectivity index (χ4v) is 1.64. The molecule has 1 aromatic carbocycles. The molecule has 1 aromatic rings. The number of rotatable bonds is 3. The van der Waals surface area contributed by atoms with E-state index >= 15 is 0 Å². The molecule has 2 amide bonds. The van der Waals surface area contributed by atoms with Crippen LogP contribution in [-0.4, -0.2) is 18.9 Å². The Morgan fingerprint density at radius 3 is 2.11 bits per heavy atom. The number of carbonyl (C=O) groups is 2. The molecule has 0 aliphatic carbocycles. The van der Waals surface area contributed by atoms with Crippen LogP contribution in [0.1, 0.15) is 34.1 Å². The summed E-state index contributed by atoms with van der Waals surface area (Å²) in [5, 5.41) is 2.85. The van der Waals surface area contributed by atoms with Gasteiger partial charge in [0, 0.05) is 31.8 Å². The van der Waals surface area contributed by atoms with Crippen molar-refractivity contribution in [2.24, 2.45) is 5.41 Å². The highest BCUT2D eigenvalue weighted by Crippen LogP contribution is 2.21. The predicted octanol–water partition coefficient (Wildman–Crippen LogP) is 3.04. The van der Waals surface area contributed by atoms with Crippen molar-refractivity contribution in [2.45, 2.75) is 34.1 Å². The standard InChI is InChI=1S/C15H22N2O2/c1-11(18)17(5)13-8-6-12(7-9-13)16-14(19)10-15(2,3)4/h6-9H,10H2,1-5H3,(H,16,19). The van der Waals surface area contributed by atoms with Crippen LogP contribution in [-0.2, 0) is 9.59 Å². The van der Waals surface area contributed by atoms with Crippen LogP contribution < -0.4 is 10.2 Å². The van der Waals surface area contributed by atoms with E-state index in [2.05, 4.69) is 5.32 Å². The minimum Gasteiger partial charge on any atom is -0.326 e. The minimum atomic E-state index is -0.0289. The summed E-state index contributed by atoms with van der Waals surface area (Å²) < 4.78 is 0. The maximum Gasteiger partial charge on any atom is 0.224 e. The molecule has 0 saturated carbocycles. The Hall–Kier alpha value is -1.84. The molecule has 0 spiro atoms. The SMILES string of the molecule is CC(=O)N(C)c1ccc(NC(=O)CC(C)(C)C)cc1. The van der Waals surface area contributed by atoms with Crippen molar-refractivity contribution in [3.8, 4) is 0 Å². The van der Waals surface area contributed by atoms with Crippen LogP contribution in [0.15, 0.2) is 24.3 Å². The molecule has 0 saturated heterocycles. The Morgan fingerprint density at radius 1 is 1.16 bits per heavy atom. The third-order valence-corrected chi connectivity index (χ3v) is 2.70. The Bertz CT molecular complexity index is 458. The molecule has 0 unspecified atom stereocenters. The molecule has 0 aliphatic rings. The molecule has 1 rings (SSSR count). The van der Waals surface area contributed by atoms with Gasteiger partial charge in [-0.15, -0.1) is 0 Å².